The number of benzene rings is 1. The van der Waals surface area contributed by atoms with Crippen LogP contribution in [0, 0.1) is 0 Å². The standard InChI is InChI=1S/C15H19NOS/c1-2-17-15-8-4-3-7-13(15)14(16)10-9-12-6-5-11-18-12/h3-8,11,14H,2,9-10,16H2,1H3. The fourth-order valence-corrected chi connectivity index (χ4v) is 2.71. The molecule has 1 aromatic heterocycles. The fraction of sp³-hybridized carbons (Fsp3) is 0.333. The molecule has 18 heavy (non-hydrogen) atoms. The van der Waals surface area contributed by atoms with Gasteiger partial charge in [-0.3, -0.25) is 0 Å². The van der Waals surface area contributed by atoms with Gasteiger partial charge in [-0.15, -0.1) is 11.3 Å². The zero-order valence-electron chi connectivity index (χ0n) is 10.6. The molecule has 0 fully saturated rings. The van der Waals surface area contributed by atoms with Gasteiger partial charge in [0, 0.05) is 16.5 Å². The van der Waals surface area contributed by atoms with E-state index in [1.807, 2.05) is 25.1 Å². The van der Waals surface area contributed by atoms with Crippen molar-refractivity contribution in [3.05, 3.63) is 52.2 Å². The third kappa shape index (κ3) is 3.34. The number of rotatable bonds is 6. The van der Waals surface area contributed by atoms with Crippen LogP contribution in [0.1, 0.15) is 29.8 Å². The van der Waals surface area contributed by atoms with E-state index in [4.69, 9.17) is 10.5 Å². The van der Waals surface area contributed by atoms with Gasteiger partial charge in [-0.05, 0) is 37.3 Å². The normalized spacial score (nSPS) is 12.3. The van der Waals surface area contributed by atoms with Crippen molar-refractivity contribution in [2.45, 2.75) is 25.8 Å². The fourth-order valence-electron chi connectivity index (χ4n) is 1.98. The molecule has 0 aliphatic heterocycles. The van der Waals surface area contributed by atoms with Gasteiger partial charge < -0.3 is 10.5 Å². The summed E-state index contributed by atoms with van der Waals surface area (Å²) in [6, 6.07) is 12.3. The zero-order chi connectivity index (χ0) is 12.8. The number of thiophene rings is 1. The van der Waals surface area contributed by atoms with Gasteiger partial charge in [0.05, 0.1) is 6.61 Å². The molecule has 1 unspecified atom stereocenters. The molecule has 1 aromatic carbocycles. The SMILES string of the molecule is CCOc1ccccc1C(N)CCc1cccs1. The highest BCUT2D eigenvalue weighted by Gasteiger charge is 2.11. The highest BCUT2D eigenvalue weighted by molar-refractivity contribution is 7.09. The summed E-state index contributed by atoms with van der Waals surface area (Å²) in [7, 11) is 0. The van der Waals surface area contributed by atoms with Crippen molar-refractivity contribution in [2.24, 2.45) is 5.73 Å². The Kier molecular flexibility index (Phi) is 4.79. The van der Waals surface area contributed by atoms with Crippen molar-refractivity contribution in [2.75, 3.05) is 6.61 Å². The predicted octanol–water partition coefficient (Wildman–Crippen LogP) is 3.78. The molecule has 0 saturated heterocycles. The van der Waals surface area contributed by atoms with E-state index in [9.17, 15) is 0 Å². The third-order valence-corrected chi connectivity index (χ3v) is 3.84. The molecule has 0 amide bonds. The largest absolute Gasteiger partial charge is 0.494 e. The van der Waals surface area contributed by atoms with Gasteiger partial charge in [0.1, 0.15) is 5.75 Å². The summed E-state index contributed by atoms with van der Waals surface area (Å²) in [5, 5.41) is 2.11. The molecule has 3 heteroatoms. The molecule has 2 aromatic rings. The Labute approximate surface area is 112 Å². The molecule has 0 aliphatic rings. The summed E-state index contributed by atoms with van der Waals surface area (Å²) >= 11 is 1.79. The maximum atomic E-state index is 6.27. The summed E-state index contributed by atoms with van der Waals surface area (Å²) in [6.45, 7) is 2.67. The third-order valence-electron chi connectivity index (χ3n) is 2.90. The van der Waals surface area contributed by atoms with Crippen LogP contribution in [0.2, 0.25) is 0 Å². The smallest absolute Gasteiger partial charge is 0.124 e. The molecule has 96 valence electrons. The molecule has 1 heterocycles. The predicted molar refractivity (Wildman–Crippen MR) is 77.2 cm³/mol. The Balaban J connectivity index is 2.01. The highest BCUT2D eigenvalue weighted by Crippen LogP contribution is 2.27. The molecule has 2 N–H and O–H groups in total. The van der Waals surface area contributed by atoms with Crippen LogP contribution in [0.15, 0.2) is 41.8 Å². The molecular weight excluding hydrogens is 242 g/mol. The first-order valence-electron chi connectivity index (χ1n) is 6.31. The lowest BCUT2D eigenvalue weighted by Gasteiger charge is -2.16. The number of para-hydroxylation sites is 1. The van der Waals surface area contributed by atoms with E-state index in [-0.39, 0.29) is 6.04 Å². The Morgan fingerprint density at radius 3 is 2.78 bits per heavy atom. The molecule has 0 saturated carbocycles. The lowest BCUT2D eigenvalue weighted by Crippen LogP contribution is -2.12. The maximum absolute atomic E-state index is 6.27. The van der Waals surface area contributed by atoms with Crippen LogP contribution in [0.4, 0.5) is 0 Å². The number of nitrogens with two attached hydrogens (primary N) is 1. The first-order valence-corrected chi connectivity index (χ1v) is 7.19. The van der Waals surface area contributed by atoms with Gasteiger partial charge in [0.25, 0.3) is 0 Å². The molecule has 2 nitrogen and oxygen atoms in total. The first kappa shape index (κ1) is 13.1. The van der Waals surface area contributed by atoms with Crippen LogP contribution in [-0.2, 0) is 6.42 Å². The Morgan fingerprint density at radius 2 is 2.06 bits per heavy atom. The lowest BCUT2D eigenvalue weighted by atomic mass is 10.0. The van der Waals surface area contributed by atoms with Crippen LogP contribution in [0.25, 0.3) is 0 Å². The van der Waals surface area contributed by atoms with Crippen LogP contribution in [-0.4, -0.2) is 6.61 Å². The van der Waals surface area contributed by atoms with Crippen LogP contribution < -0.4 is 10.5 Å². The molecule has 0 radical (unpaired) electrons. The summed E-state index contributed by atoms with van der Waals surface area (Å²) in [5.41, 5.74) is 7.37. The van der Waals surface area contributed by atoms with Gasteiger partial charge in [0.15, 0.2) is 0 Å². The number of hydrogen-bond donors (Lipinski definition) is 1. The second-order valence-electron chi connectivity index (χ2n) is 4.20. The van der Waals surface area contributed by atoms with E-state index in [1.165, 1.54) is 4.88 Å². The number of hydrogen-bond acceptors (Lipinski definition) is 3. The highest BCUT2D eigenvalue weighted by atomic mass is 32.1. The van der Waals surface area contributed by atoms with E-state index >= 15 is 0 Å². The zero-order valence-corrected chi connectivity index (χ0v) is 11.5. The van der Waals surface area contributed by atoms with Crippen LogP contribution in [0.5, 0.6) is 5.75 Å². The second-order valence-corrected chi connectivity index (χ2v) is 5.23. The van der Waals surface area contributed by atoms with Crippen LogP contribution >= 0.6 is 11.3 Å². The van der Waals surface area contributed by atoms with E-state index in [0.717, 1.165) is 24.2 Å². The van der Waals surface area contributed by atoms with Gasteiger partial charge in [-0.2, -0.15) is 0 Å². The van der Waals surface area contributed by atoms with Gasteiger partial charge in [-0.1, -0.05) is 24.3 Å². The first-order chi connectivity index (χ1) is 8.81. The Bertz CT molecular complexity index is 467. The van der Waals surface area contributed by atoms with E-state index in [0.29, 0.717) is 6.61 Å². The Morgan fingerprint density at radius 1 is 1.22 bits per heavy atom. The summed E-state index contributed by atoms with van der Waals surface area (Å²) in [5.74, 6) is 0.915. The average Bonchev–Trinajstić information content (AvgIpc) is 2.90. The molecule has 0 spiro atoms. The van der Waals surface area contributed by atoms with Crippen molar-refractivity contribution < 1.29 is 4.74 Å². The Hall–Kier alpha value is -1.32. The molecular formula is C15H19NOS. The number of ether oxygens (including phenoxy) is 1. The van der Waals surface area contributed by atoms with Crippen molar-refractivity contribution in [1.82, 2.24) is 0 Å². The monoisotopic (exact) mass is 261 g/mol. The topological polar surface area (TPSA) is 35.2 Å². The second kappa shape index (κ2) is 6.57. The number of aryl methyl sites for hydroxylation is 1. The van der Waals surface area contributed by atoms with E-state index < -0.39 is 0 Å². The van der Waals surface area contributed by atoms with E-state index in [1.54, 1.807) is 11.3 Å². The lowest BCUT2D eigenvalue weighted by molar-refractivity contribution is 0.333. The minimum Gasteiger partial charge on any atom is -0.494 e. The van der Waals surface area contributed by atoms with Crippen molar-refractivity contribution in [3.8, 4) is 5.75 Å². The summed E-state index contributed by atoms with van der Waals surface area (Å²) in [4.78, 5) is 1.39. The van der Waals surface area contributed by atoms with Crippen molar-refractivity contribution in [3.63, 3.8) is 0 Å². The molecule has 1 atom stereocenters. The van der Waals surface area contributed by atoms with Gasteiger partial charge >= 0.3 is 0 Å². The van der Waals surface area contributed by atoms with Gasteiger partial charge in [0.2, 0.25) is 0 Å². The van der Waals surface area contributed by atoms with Crippen molar-refractivity contribution >= 4 is 11.3 Å². The molecule has 0 bridgehead atoms. The summed E-state index contributed by atoms with van der Waals surface area (Å²) in [6.07, 6.45) is 1.98. The van der Waals surface area contributed by atoms with Crippen LogP contribution in [0.3, 0.4) is 0 Å². The molecule has 2 rings (SSSR count). The average molecular weight is 261 g/mol. The van der Waals surface area contributed by atoms with Crippen molar-refractivity contribution in [1.29, 1.82) is 0 Å². The van der Waals surface area contributed by atoms with Gasteiger partial charge in [-0.25, -0.2) is 0 Å². The quantitative estimate of drug-likeness (QED) is 0.859. The molecule has 0 aliphatic carbocycles. The summed E-state index contributed by atoms with van der Waals surface area (Å²) < 4.78 is 5.62. The van der Waals surface area contributed by atoms with E-state index in [2.05, 4.69) is 23.6 Å². The minimum atomic E-state index is 0.0369. The maximum Gasteiger partial charge on any atom is 0.124 e. The minimum absolute atomic E-state index is 0.0369.